The predicted octanol–water partition coefficient (Wildman–Crippen LogP) is 4.61. The molecule has 0 saturated carbocycles. The third-order valence-electron chi connectivity index (χ3n) is 5.59. The van der Waals surface area contributed by atoms with Gasteiger partial charge in [-0.05, 0) is 62.9 Å². The molecule has 3 heterocycles. The molecule has 1 fully saturated rings. The van der Waals surface area contributed by atoms with E-state index in [0.29, 0.717) is 28.1 Å². The van der Waals surface area contributed by atoms with Gasteiger partial charge in [-0.25, -0.2) is 4.98 Å². The summed E-state index contributed by atoms with van der Waals surface area (Å²) in [6, 6.07) is 9.78. The monoisotopic (exact) mass is 379 g/mol. The molecule has 4 rings (SSSR count). The largest absolute Gasteiger partial charge is 0.497 e. The van der Waals surface area contributed by atoms with Gasteiger partial charge in [0.1, 0.15) is 5.75 Å². The number of hydrogen-bond acceptors (Lipinski definition) is 5. The highest BCUT2D eigenvalue weighted by Gasteiger charge is 2.29. The first-order valence-electron chi connectivity index (χ1n) is 9.84. The van der Waals surface area contributed by atoms with Crippen molar-refractivity contribution < 1.29 is 14.1 Å². The summed E-state index contributed by atoms with van der Waals surface area (Å²) < 4.78 is 10.7. The predicted molar refractivity (Wildman–Crippen MR) is 107 cm³/mol. The van der Waals surface area contributed by atoms with Crippen LogP contribution in [0.25, 0.3) is 22.4 Å². The van der Waals surface area contributed by atoms with Crippen LogP contribution in [0, 0.1) is 6.92 Å². The van der Waals surface area contributed by atoms with Crippen LogP contribution in [0.3, 0.4) is 0 Å². The molecule has 146 valence electrons. The van der Waals surface area contributed by atoms with Gasteiger partial charge in [0.25, 0.3) is 11.6 Å². The number of piperidine rings is 1. The Morgan fingerprint density at radius 3 is 2.79 bits per heavy atom. The van der Waals surface area contributed by atoms with E-state index in [4.69, 9.17) is 9.26 Å². The highest BCUT2D eigenvalue weighted by atomic mass is 16.5. The van der Waals surface area contributed by atoms with E-state index in [0.717, 1.165) is 37.1 Å². The van der Waals surface area contributed by atoms with Gasteiger partial charge in [-0.15, -0.1) is 0 Å². The number of fused-ring (bicyclic) bond motifs is 1. The molecular weight excluding hydrogens is 354 g/mol. The fourth-order valence-electron chi connectivity index (χ4n) is 4.02. The molecule has 1 aliphatic rings. The molecule has 28 heavy (non-hydrogen) atoms. The third kappa shape index (κ3) is 3.23. The molecule has 0 bridgehead atoms. The van der Waals surface area contributed by atoms with Gasteiger partial charge in [0.15, 0.2) is 0 Å². The molecule has 6 nitrogen and oxygen atoms in total. The highest BCUT2D eigenvalue weighted by Crippen LogP contribution is 2.30. The van der Waals surface area contributed by atoms with Crippen LogP contribution in [0.5, 0.6) is 5.75 Å². The van der Waals surface area contributed by atoms with E-state index in [1.807, 2.05) is 42.2 Å². The van der Waals surface area contributed by atoms with Crippen LogP contribution in [0.2, 0.25) is 0 Å². The van der Waals surface area contributed by atoms with E-state index < -0.39 is 0 Å². The molecule has 0 unspecified atom stereocenters. The first-order chi connectivity index (χ1) is 13.6. The van der Waals surface area contributed by atoms with Crippen molar-refractivity contribution in [2.45, 2.75) is 45.6 Å². The summed E-state index contributed by atoms with van der Waals surface area (Å²) in [6.45, 7) is 4.79. The van der Waals surface area contributed by atoms with Gasteiger partial charge in [-0.3, -0.25) is 4.79 Å². The summed E-state index contributed by atoms with van der Waals surface area (Å²) >= 11 is 0. The number of likely N-dealkylation sites (tertiary alicyclic amines) is 1. The number of nitrogens with zero attached hydrogens (tertiary/aromatic N) is 3. The molecule has 0 spiro atoms. The lowest BCUT2D eigenvalue weighted by Gasteiger charge is -2.35. The Hall–Kier alpha value is -2.89. The second-order valence-electron chi connectivity index (χ2n) is 7.29. The summed E-state index contributed by atoms with van der Waals surface area (Å²) in [7, 11) is 1.64. The Balaban J connectivity index is 1.81. The van der Waals surface area contributed by atoms with E-state index in [2.05, 4.69) is 17.1 Å². The van der Waals surface area contributed by atoms with Gasteiger partial charge in [-0.1, -0.05) is 12.1 Å². The Bertz CT molecular complexity index is 994. The van der Waals surface area contributed by atoms with Crippen molar-refractivity contribution in [3.8, 4) is 17.0 Å². The van der Waals surface area contributed by atoms with Crippen LogP contribution in [0.4, 0.5) is 0 Å². The minimum atomic E-state index is 0.0417. The number of rotatable bonds is 4. The molecule has 0 aliphatic carbocycles. The summed E-state index contributed by atoms with van der Waals surface area (Å²) in [6.07, 6.45) is 4.25. The minimum absolute atomic E-state index is 0.0417. The number of aryl methyl sites for hydroxylation is 1. The maximum Gasteiger partial charge on any atom is 0.259 e. The Labute approximate surface area is 164 Å². The Morgan fingerprint density at radius 1 is 1.29 bits per heavy atom. The number of hydrogen-bond donors (Lipinski definition) is 0. The van der Waals surface area contributed by atoms with Gasteiger partial charge < -0.3 is 14.2 Å². The zero-order valence-corrected chi connectivity index (χ0v) is 16.6. The molecule has 3 aromatic rings. The first kappa shape index (κ1) is 18.5. The van der Waals surface area contributed by atoms with Gasteiger partial charge in [0, 0.05) is 18.2 Å². The van der Waals surface area contributed by atoms with Crippen molar-refractivity contribution in [1.82, 2.24) is 15.0 Å². The number of benzene rings is 1. The fraction of sp³-hybridized carbons (Fsp3) is 0.409. The summed E-state index contributed by atoms with van der Waals surface area (Å²) in [5.74, 6) is 0.816. The standard InChI is InChI=1S/C22H25N3O3/c1-4-16-7-5-6-12-25(16)22(26)18-13-19(15-8-10-17(27-3)11-9-15)23-21-20(18)14(2)24-28-21/h8-11,13,16H,4-7,12H2,1-3H3/t16-/m0/s1. The molecule has 0 radical (unpaired) electrons. The topological polar surface area (TPSA) is 68.5 Å². The molecular formula is C22H25N3O3. The van der Waals surface area contributed by atoms with E-state index >= 15 is 0 Å². The maximum absolute atomic E-state index is 13.5. The number of carbonyl (C=O) groups excluding carboxylic acids is 1. The van der Waals surface area contributed by atoms with Crippen molar-refractivity contribution in [1.29, 1.82) is 0 Å². The van der Waals surface area contributed by atoms with Crippen LogP contribution in [0.1, 0.15) is 48.7 Å². The SMILES string of the molecule is CC[C@H]1CCCCN1C(=O)c1cc(-c2ccc(OC)cc2)nc2onc(C)c12. The normalized spacial score (nSPS) is 17.1. The lowest BCUT2D eigenvalue weighted by atomic mass is 9.97. The van der Waals surface area contributed by atoms with Crippen molar-refractivity contribution in [2.24, 2.45) is 0 Å². The van der Waals surface area contributed by atoms with Crippen molar-refractivity contribution in [3.05, 3.63) is 41.6 Å². The second kappa shape index (κ2) is 7.62. The van der Waals surface area contributed by atoms with Crippen molar-refractivity contribution in [2.75, 3.05) is 13.7 Å². The van der Waals surface area contributed by atoms with E-state index in [9.17, 15) is 4.79 Å². The molecule has 1 aliphatic heterocycles. The van der Waals surface area contributed by atoms with Crippen LogP contribution >= 0.6 is 0 Å². The van der Waals surface area contributed by atoms with Crippen LogP contribution in [-0.2, 0) is 0 Å². The zero-order valence-electron chi connectivity index (χ0n) is 16.6. The number of pyridine rings is 1. The number of aromatic nitrogens is 2. The lowest BCUT2D eigenvalue weighted by Crippen LogP contribution is -2.43. The molecule has 1 amide bonds. The zero-order chi connectivity index (χ0) is 19.7. The fourth-order valence-corrected chi connectivity index (χ4v) is 4.02. The summed E-state index contributed by atoms with van der Waals surface area (Å²) in [4.78, 5) is 20.2. The van der Waals surface area contributed by atoms with Crippen LogP contribution in [0.15, 0.2) is 34.9 Å². The molecule has 1 aromatic carbocycles. The lowest BCUT2D eigenvalue weighted by molar-refractivity contribution is 0.0610. The molecule has 1 atom stereocenters. The van der Waals surface area contributed by atoms with Crippen LogP contribution < -0.4 is 4.74 Å². The number of carbonyl (C=O) groups is 1. The number of ether oxygens (including phenoxy) is 1. The van der Waals surface area contributed by atoms with E-state index in [-0.39, 0.29) is 11.9 Å². The third-order valence-corrected chi connectivity index (χ3v) is 5.59. The second-order valence-corrected chi connectivity index (χ2v) is 7.29. The average molecular weight is 379 g/mol. The van der Waals surface area contributed by atoms with Gasteiger partial charge in [-0.2, -0.15) is 0 Å². The smallest absolute Gasteiger partial charge is 0.259 e. The van der Waals surface area contributed by atoms with Crippen molar-refractivity contribution in [3.63, 3.8) is 0 Å². The number of amides is 1. The van der Waals surface area contributed by atoms with Gasteiger partial charge in [0.2, 0.25) is 0 Å². The van der Waals surface area contributed by atoms with Gasteiger partial charge in [0.05, 0.1) is 29.4 Å². The summed E-state index contributed by atoms with van der Waals surface area (Å²) in [5.41, 5.74) is 3.31. The van der Waals surface area contributed by atoms with E-state index in [1.165, 1.54) is 6.42 Å². The van der Waals surface area contributed by atoms with Crippen molar-refractivity contribution >= 4 is 17.0 Å². The molecule has 1 saturated heterocycles. The first-order valence-corrected chi connectivity index (χ1v) is 9.84. The highest BCUT2D eigenvalue weighted by molar-refractivity contribution is 6.07. The molecule has 0 N–H and O–H groups in total. The Kier molecular flexibility index (Phi) is 5.03. The van der Waals surface area contributed by atoms with Gasteiger partial charge >= 0.3 is 0 Å². The maximum atomic E-state index is 13.5. The Morgan fingerprint density at radius 2 is 2.07 bits per heavy atom. The molecule has 6 heteroatoms. The number of methoxy groups -OCH3 is 1. The minimum Gasteiger partial charge on any atom is -0.497 e. The average Bonchev–Trinajstić information content (AvgIpc) is 3.13. The summed E-state index contributed by atoms with van der Waals surface area (Å²) in [5, 5.41) is 4.77. The quantitative estimate of drug-likeness (QED) is 0.662. The molecule has 2 aromatic heterocycles. The van der Waals surface area contributed by atoms with E-state index in [1.54, 1.807) is 7.11 Å². The van der Waals surface area contributed by atoms with Crippen LogP contribution in [-0.4, -0.2) is 40.6 Å².